The van der Waals surface area contributed by atoms with E-state index in [1.807, 2.05) is 0 Å². The summed E-state index contributed by atoms with van der Waals surface area (Å²) in [6.45, 7) is 0. The van der Waals surface area contributed by atoms with Gasteiger partial charge < -0.3 is 15.3 Å². The lowest BCUT2D eigenvalue weighted by Crippen LogP contribution is -2.23. The molecule has 21 heavy (non-hydrogen) atoms. The highest BCUT2D eigenvalue weighted by atomic mass is 16.4. The lowest BCUT2D eigenvalue weighted by molar-refractivity contribution is -0.132. The number of aliphatic carboxylic acids is 3. The summed E-state index contributed by atoms with van der Waals surface area (Å²) < 4.78 is 0. The third-order valence-corrected chi connectivity index (χ3v) is 3.48. The number of rotatable bonds is 8. The first-order valence-electron chi connectivity index (χ1n) is 6.59. The molecule has 0 spiro atoms. The maximum Gasteiger partial charge on any atom is 0.328 e. The van der Waals surface area contributed by atoms with Crippen molar-refractivity contribution in [3.8, 4) is 0 Å². The molecule has 6 nitrogen and oxygen atoms in total. The van der Waals surface area contributed by atoms with Gasteiger partial charge in [0.05, 0.1) is 0 Å². The van der Waals surface area contributed by atoms with Gasteiger partial charge in [0.2, 0.25) is 0 Å². The molecule has 0 bridgehead atoms. The molecular weight excluding hydrogens is 276 g/mol. The maximum absolute atomic E-state index is 10.7. The van der Waals surface area contributed by atoms with Crippen LogP contribution in [0.3, 0.4) is 0 Å². The summed E-state index contributed by atoms with van der Waals surface area (Å²) in [5.41, 5.74) is -1.01. The van der Waals surface area contributed by atoms with E-state index in [1.54, 1.807) is 0 Å². The minimum Gasteiger partial charge on any atom is -0.478 e. The van der Waals surface area contributed by atoms with Crippen LogP contribution in [0.15, 0.2) is 36.5 Å². The van der Waals surface area contributed by atoms with Gasteiger partial charge in [0, 0.05) is 23.6 Å². The molecule has 0 amide bonds. The number of carboxylic acids is 3. The fourth-order valence-electron chi connectivity index (χ4n) is 2.25. The van der Waals surface area contributed by atoms with Crippen LogP contribution in [0.4, 0.5) is 0 Å². The molecule has 1 aliphatic carbocycles. The molecule has 1 fully saturated rings. The molecule has 0 heterocycles. The van der Waals surface area contributed by atoms with Gasteiger partial charge in [0.25, 0.3) is 0 Å². The Morgan fingerprint density at radius 1 is 0.857 bits per heavy atom. The second-order valence-electron chi connectivity index (χ2n) is 5.13. The fourth-order valence-corrected chi connectivity index (χ4v) is 2.25. The first-order chi connectivity index (χ1) is 9.83. The maximum atomic E-state index is 10.7. The van der Waals surface area contributed by atoms with Crippen LogP contribution in [0.25, 0.3) is 0 Å². The summed E-state index contributed by atoms with van der Waals surface area (Å²) in [5.74, 6) is -3.17. The Morgan fingerprint density at radius 3 is 1.48 bits per heavy atom. The molecule has 0 unspecified atom stereocenters. The SMILES string of the molecule is O=C(O)C=CC(C=CC(=O)O)(C=CC(=O)O)CC1CCC1. The second kappa shape index (κ2) is 7.42. The van der Waals surface area contributed by atoms with Crippen LogP contribution < -0.4 is 0 Å². The molecular formula is C15H18O6. The molecule has 114 valence electrons. The fraction of sp³-hybridized carbons (Fsp3) is 0.400. The lowest BCUT2D eigenvalue weighted by atomic mass is 9.71. The highest BCUT2D eigenvalue weighted by Crippen LogP contribution is 2.40. The minimum absolute atomic E-state index is 0.334. The van der Waals surface area contributed by atoms with Crippen LogP contribution in [0.2, 0.25) is 0 Å². The molecule has 1 aliphatic rings. The predicted molar refractivity (Wildman–Crippen MR) is 74.7 cm³/mol. The van der Waals surface area contributed by atoms with Gasteiger partial charge in [-0.1, -0.05) is 37.5 Å². The molecule has 0 radical (unpaired) electrons. The van der Waals surface area contributed by atoms with E-state index in [2.05, 4.69) is 0 Å². The van der Waals surface area contributed by atoms with Crippen LogP contribution in [0.5, 0.6) is 0 Å². The zero-order chi connectivity index (χ0) is 15.9. The minimum atomic E-state index is -1.17. The Bertz CT molecular complexity index is 436. The van der Waals surface area contributed by atoms with Gasteiger partial charge >= 0.3 is 17.9 Å². The molecule has 0 aliphatic heterocycles. The summed E-state index contributed by atoms with van der Waals surface area (Å²) in [5, 5.41) is 26.3. The van der Waals surface area contributed by atoms with Crippen molar-refractivity contribution in [1.82, 2.24) is 0 Å². The first-order valence-corrected chi connectivity index (χ1v) is 6.59. The molecule has 1 saturated carbocycles. The summed E-state index contributed by atoms with van der Waals surface area (Å²) in [4.78, 5) is 32.2. The smallest absolute Gasteiger partial charge is 0.328 e. The van der Waals surface area contributed by atoms with E-state index < -0.39 is 23.3 Å². The molecule has 0 aromatic carbocycles. The number of carbonyl (C=O) groups is 3. The zero-order valence-corrected chi connectivity index (χ0v) is 11.4. The van der Waals surface area contributed by atoms with Gasteiger partial charge in [0.15, 0.2) is 0 Å². The number of hydrogen-bond acceptors (Lipinski definition) is 3. The van der Waals surface area contributed by atoms with Crippen molar-refractivity contribution in [3.63, 3.8) is 0 Å². The van der Waals surface area contributed by atoms with E-state index in [9.17, 15) is 14.4 Å². The van der Waals surface area contributed by atoms with E-state index in [1.165, 1.54) is 18.2 Å². The van der Waals surface area contributed by atoms with Crippen molar-refractivity contribution in [1.29, 1.82) is 0 Å². The van der Waals surface area contributed by atoms with Gasteiger partial charge in [-0.05, 0) is 12.3 Å². The van der Waals surface area contributed by atoms with E-state index in [-0.39, 0.29) is 0 Å². The Labute approximate surface area is 122 Å². The summed E-state index contributed by atoms with van der Waals surface area (Å²) in [6.07, 6.45) is 10.3. The van der Waals surface area contributed by atoms with Gasteiger partial charge in [-0.2, -0.15) is 0 Å². The molecule has 1 rings (SSSR count). The van der Waals surface area contributed by atoms with Crippen molar-refractivity contribution in [2.45, 2.75) is 25.7 Å². The third kappa shape index (κ3) is 6.07. The highest BCUT2D eigenvalue weighted by Gasteiger charge is 2.29. The Morgan fingerprint density at radius 2 is 1.24 bits per heavy atom. The number of hydrogen-bond donors (Lipinski definition) is 3. The quantitative estimate of drug-likeness (QED) is 0.591. The van der Waals surface area contributed by atoms with Crippen LogP contribution in [0.1, 0.15) is 25.7 Å². The monoisotopic (exact) mass is 294 g/mol. The van der Waals surface area contributed by atoms with E-state index in [4.69, 9.17) is 15.3 Å². The molecule has 3 N–H and O–H groups in total. The van der Waals surface area contributed by atoms with Gasteiger partial charge in [-0.25, -0.2) is 14.4 Å². The average Bonchev–Trinajstić information content (AvgIpc) is 2.34. The first kappa shape index (κ1) is 16.7. The number of allylic oxidation sites excluding steroid dienone is 3. The standard InChI is InChI=1S/C15H18O6/c16-12(17)4-7-15(8-5-13(18)19,9-6-14(20)21)10-11-2-1-3-11/h4-9,11H,1-3,10H2,(H,16,17)(H,18,19)(H,20,21). The van der Waals surface area contributed by atoms with E-state index in [0.29, 0.717) is 12.3 Å². The predicted octanol–water partition coefficient (Wildman–Crippen LogP) is 2.09. The molecule has 6 heteroatoms. The van der Waals surface area contributed by atoms with Crippen molar-refractivity contribution >= 4 is 17.9 Å². The van der Waals surface area contributed by atoms with Gasteiger partial charge in [-0.3, -0.25) is 0 Å². The second-order valence-corrected chi connectivity index (χ2v) is 5.13. The Hall–Kier alpha value is -2.37. The van der Waals surface area contributed by atoms with Crippen molar-refractivity contribution in [2.24, 2.45) is 11.3 Å². The van der Waals surface area contributed by atoms with Crippen molar-refractivity contribution in [3.05, 3.63) is 36.5 Å². The van der Waals surface area contributed by atoms with Gasteiger partial charge in [0.1, 0.15) is 0 Å². The van der Waals surface area contributed by atoms with Crippen LogP contribution in [-0.2, 0) is 14.4 Å². The Balaban J connectivity index is 3.11. The normalized spacial score (nSPS) is 18.9. The zero-order valence-electron chi connectivity index (χ0n) is 11.4. The highest BCUT2D eigenvalue weighted by molar-refractivity contribution is 5.82. The molecule has 0 aromatic rings. The van der Waals surface area contributed by atoms with Crippen LogP contribution >= 0.6 is 0 Å². The average molecular weight is 294 g/mol. The van der Waals surface area contributed by atoms with Crippen molar-refractivity contribution < 1.29 is 29.7 Å². The van der Waals surface area contributed by atoms with Crippen LogP contribution in [0, 0.1) is 11.3 Å². The summed E-state index contributed by atoms with van der Waals surface area (Å²) in [7, 11) is 0. The van der Waals surface area contributed by atoms with Gasteiger partial charge in [-0.15, -0.1) is 0 Å². The summed E-state index contributed by atoms with van der Waals surface area (Å²) in [6, 6.07) is 0. The molecule has 0 saturated heterocycles. The Kier molecular flexibility index (Phi) is 5.90. The van der Waals surface area contributed by atoms with Crippen molar-refractivity contribution in [2.75, 3.05) is 0 Å². The van der Waals surface area contributed by atoms with E-state index >= 15 is 0 Å². The molecule has 0 aromatic heterocycles. The topological polar surface area (TPSA) is 112 Å². The lowest BCUT2D eigenvalue weighted by Gasteiger charge is -2.33. The largest absolute Gasteiger partial charge is 0.478 e. The summed E-state index contributed by atoms with van der Waals surface area (Å²) >= 11 is 0. The molecule has 0 atom stereocenters. The third-order valence-electron chi connectivity index (χ3n) is 3.48. The number of carboxylic acid groups (broad SMARTS) is 3. The van der Waals surface area contributed by atoms with E-state index in [0.717, 1.165) is 37.5 Å². The van der Waals surface area contributed by atoms with Crippen LogP contribution in [-0.4, -0.2) is 33.2 Å².